The fourth-order valence-electron chi connectivity index (χ4n) is 2.39. The van der Waals surface area contributed by atoms with Crippen LogP contribution in [-0.2, 0) is 16.0 Å². The molecule has 0 aliphatic rings. The fourth-order valence-corrected chi connectivity index (χ4v) is 2.39. The van der Waals surface area contributed by atoms with Gasteiger partial charge in [0.1, 0.15) is 5.75 Å². The molecule has 0 aliphatic carbocycles. The van der Waals surface area contributed by atoms with E-state index in [0.717, 1.165) is 5.56 Å². The van der Waals surface area contributed by atoms with Crippen LogP contribution in [0.3, 0.4) is 0 Å². The summed E-state index contributed by atoms with van der Waals surface area (Å²) in [6.45, 7) is 0.364. The van der Waals surface area contributed by atoms with Gasteiger partial charge in [0, 0.05) is 6.54 Å². The number of hydrogen-bond acceptors (Lipinski definition) is 6. The molecule has 0 fully saturated rings. The second kappa shape index (κ2) is 10.1. The molecule has 0 aliphatic heterocycles. The Morgan fingerprint density at radius 2 is 1.63 bits per heavy atom. The standard InChI is InChI=1S/C20H23NO6/c1-24-17-9-4-14(12-18(17)25-2)10-11-21-19(22)13-27-16-7-5-15(6-8-16)20(23)26-3/h4-9,12H,10-11,13H2,1-3H3,(H,21,22). The maximum Gasteiger partial charge on any atom is 0.337 e. The maximum atomic E-state index is 11.9. The van der Waals surface area contributed by atoms with E-state index in [-0.39, 0.29) is 12.5 Å². The van der Waals surface area contributed by atoms with Crippen LogP contribution in [-0.4, -0.2) is 46.4 Å². The zero-order valence-corrected chi connectivity index (χ0v) is 15.6. The molecule has 0 heterocycles. The Morgan fingerprint density at radius 3 is 2.26 bits per heavy atom. The highest BCUT2D eigenvalue weighted by Crippen LogP contribution is 2.27. The smallest absolute Gasteiger partial charge is 0.337 e. The molecule has 27 heavy (non-hydrogen) atoms. The van der Waals surface area contributed by atoms with Gasteiger partial charge >= 0.3 is 5.97 Å². The number of carbonyl (C=O) groups excluding carboxylic acids is 2. The first-order valence-corrected chi connectivity index (χ1v) is 8.36. The predicted molar refractivity (Wildman–Crippen MR) is 99.5 cm³/mol. The molecule has 0 radical (unpaired) electrons. The van der Waals surface area contributed by atoms with Gasteiger partial charge in [-0.15, -0.1) is 0 Å². The minimum Gasteiger partial charge on any atom is -0.493 e. The summed E-state index contributed by atoms with van der Waals surface area (Å²) in [6.07, 6.45) is 0.653. The van der Waals surface area contributed by atoms with E-state index in [1.54, 1.807) is 38.5 Å². The lowest BCUT2D eigenvalue weighted by Gasteiger charge is -2.10. The van der Waals surface area contributed by atoms with Gasteiger partial charge in [0.05, 0.1) is 26.9 Å². The van der Waals surface area contributed by atoms with Crippen molar-refractivity contribution >= 4 is 11.9 Å². The number of methoxy groups -OCH3 is 3. The molecule has 0 saturated carbocycles. The van der Waals surface area contributed by atoms with E-state index in [1.165, 1.54) is 7.11 Å². The van der Waals surface area contributed by atoms with Crippen molar-refractivity contribution in [3.05, 3.63) is 53.6 Å². The van der Waals surface area contributed by atoms with Crippen molar-refractivity contribution < 1.29 is 28.5 Å². The van der Waals surface area contributed by atoms with Crippen molar-refractivity contribution in [3.63, 3.8) is 0 Å². The first-order chi connectivity index (χ1) is 13.1. The molecule has 144 valence electrons. The van der Waals surface area contributed by atoms with Crippen LogP contribution in [0.2, 0.25) is 0 Å². The van der Waals surface area contributed by atoms with Crippen molar-refractivity contribution in [2.45, 2.75) is 6.42 Å². The van der Waals surface area contributed by atoms with Gasteiger partial charge in [0.2, 0.25) is 0 Å². The summed E-state index contributed by atoms with van der Waals surface area (Å²) < 4.78 is 20.5. The third kappa shape index (κ3) is 5.91. The SMILES string of the molecule is COC(=O)c1ccc(OCC(=O)NCCc2ccc(OC)c(OC)c2)cc1. The summed E-state index contributed by atoms with van der Waals surface area (Å²) in [5.74, 6) is 1.16. The average Bonchev–Trinajstić information content (AvgIpc) is 2.71. The topological polar surface area (TPSA) is 83.1 Å². The molecule has 7 heteroatoms. The van der Waals surface area contributed by atoms with Crippen LogP contribution < -0.4 is 19.5 Å². The van der Waals surface area contributed by atoms with E-state index in [2.05, 4.69) is 10.1 Å². The normalized spacial score (nSPS) is 10.0. The molecular weight excluding hydrogens is 350 g/mol. The van der Waals surface area contributed by atoms with E-state index < -0.39 is 5.97 Å². The molecule has 0 unspecified atom stereocenters. The van der Waals surface area contributed by atoms with E-state index in [9.17, 15) is 9.59 Å². The first-order valence-electron chi connectivity index (χ1n) is 8.36. The number of nitrogens with one attached hydrogen (secondary N) is 1. The third-order valence-corrected chi connectivity index (χ3v) is 3.83. The second-order valence-corrected chi connectivity index (χ2v) is 5.59. The Balaban J connectivity index is 1.75. The Morgan fingerprint density at radius 1 is 0.926 bits per heavy atom. The summed E-state index contributed by atoms with van der Waals surface area (Å²) in [5, 5.41) is 2.80. The number of esters is 1. The quantitative estimate of drug-likeness (QED) is 0.679. The van der Waals surface area contributed by atoms with E-state index >= 15 is 0 Å². The lowest BCUT2D eigenvalue weighted by molar-refractivity contribution is -0.123. The van der Waals surface area contributed by atoms with Gasteiger partial charge in [-0.3, -0.25) is 4.79 Å². The summed E-state index contributed by atoms with van der Waals surface area (Å²) >= 11 is 0. The van der Waals surface area contributed by atoms with Gasteiger partial charge in [-0.25, -0.2) is 4.79 Å². The van der Waals surface area contributed by atoms with Crippen LogP contribution >= 0.6 is 0 Å². The Labute approximate surface area is 158 Å². The van der Waals surface area contributed by atoms with Crippen molar-refractivity contribution in [3.8, 4) is 17.2 Å². The minimum absolute atomic E-state index is 0.108. The lowest BCUT2D eigenvalue weighted by Crippen LogP contribution is -2.30. The number of carbonyl (C=O) groups is 2. The molecule has 0 aromatic heterocycles. The number of ether oxygens (including phenoxy) is 4. The van der Waals surface area contributed by atoms with Gasteiger partial charge in [-0.05, 0) is 48.4 Å². The average molecular weight is 373 g/mol. The Bertz CT molecular complexity index is 773. The Hall–Kier alpha value is -3.22. The molecule has 0 saturated heterocycles. The monoisotopic (exact) mass is 373 g/mol. The second-order valence-electron chi connectivity index (χ2n) is 5.59. The van der Waals surface area contributed by atoms with Gasteiger partial charge in [0.25, 0.3) is 5.91 Å². The minimum atomic E-state index is -0.422. The summed E-state index contributed by atoms with van der Waals surface area (Å²) in [5.41, 5.74) is 1.44. The number of hydrogen-bond donors (Lipinski definition) is 1. The van der Waals surface area contributed by atoms with Gasteiger partial charge in [0.15, 0.2) is 18.1 Å². The van der Waals surface area contributed by atoms with Crippen LogP contribution in [0, 0.1) is 0 Å². The van der Waals surface area contributed by atoms with Gasteiger partial charge in [-0.1, -0.05) is 6.07 Å². The van der Waals surface area contributed by atoms with Crippen molar-refractivity contribution in [1.29, 1.82) is 0 Å². The van der Waals surface area contributed by atoms with E-state index in [0.29, 0.717) is 35.8 Å². The molecule has 0 spiro atoms. The van der Waals surface area contributed by atoms with Crippen LogP contribution in [0.1, 0.15) is 15.9 Å². The molecule has 0 atom stereocenters. The number of rotatable bonds is 9. The van der Waals surface area contributed by atoms with E-state index in [1.807, 2.05) is 18.2 Å². The lowest BCUT2D eigenvalue weighted by atomic mass is 10.1. The van der Waals surface area contributed by atoms with Gasteiger partial charge in [-0.2, -0.15) is 0 Å². The number of amides is 1. The molecule has 7 nitrogen and oxygen atoms in total. The highest BCUT2D eigenvalue weighted by Gasteiger charge is 2.07. The number of benzene rings is 2. The zero-order valence-electron chi connectivity index (χ0n) is 15.6. The summed E-state index contributed by atoms with van der Waals surface area (Å²) in [4.78, 5) is 23.3. The zero-order chi connectivity index (χ0) is 19.6. The van der Waals surface area contributed by atoms with Crippen LogP contribution in [0.25, 0.3) is 0 Å². The largest absolute Gasteiger partial charge is 0.493 e. The molecular formula is C20H23NO6. The molecule has 2 rings (SSSR count). The Kier molecular flexibility index (Phi) is 7.49. The fraction of sp³-hybridized carbons (Fsp3) is 0.300. The molecule has 0 bridgehead atoms. The van der Waals surface area contributed by atoms with Crippen LogP contribution in [0.5, 0.6) is 17.2 Å². The highest BCUT2D eigenvalue weighted by molar-refractivity contribution is 5.89. The third-order valence-electron chi connectivity index (χ3n) is 3.83. The maximum absolute atomic E-state index is 11.9. The van der Waals surface area contributed by atoms with Crippen molar-refractivity contribution in [1.82, 2.24) is 5.32 Å². The summed E-state index contributed by atoms with van der Waals surface area (Å²) in [6, 6.07) is 12.0. The summed E-state index contributed by atoms with van der Waals surface area (Å²) in [7, 11) is 4.48. The molecule has 2 aromatic rings. The van der Waals surface area contributed by atoms with Gasteiger partial charge < -0.3 is 24.3 Å². The van der Waals surface area contributed by atoms with Crippen LogP contribution in [0.15, 0.2) is 42.5 Å². The highest BCUT2D eigenvalue weighted by atomic mass is 16.5. The predicted octanol–water partition coefficient (Wildman–Crippen LogP) is 2.23. The first kappa shape index (κ1) is 20.1. The molecule has 1 amide bonds. The van der Waals surface area contributed by atoms with Crippen molar-refractivity contribution in [2.24, 2.45) is 0 Å². The van der Waals surface area contributed by atoms with Crippen molar-refractivity contribution in [2.75, 3.05) is 34.5 Å². The van der Waals surface area contributed by atoms with Crippen LogP contribution in [0.4, 0.5) is 0 Å². The molecule has 2 aromatic carbocycles. The molecule has 1 N–H and O–H groups in total. The van der Waals surface area contributed by atoms with E-state index in [4.69, 9.17) is 14.2 Å².